The van der Waals surface area contributed by atoms with Gasteiger partial charge < -0.3 is 19.5 Å². The quantitative estimate of drug-likeness (QED) is 0.908. The molecule has 0 spiro atoms. The van der Waals surface area contributed by atoms with Crippen molar-refractivity contribution in [3.63, 3.8) is 0 Å². The van der Waals surface area contributed by atoms with Crippen LogP contribution in [-0.2, 0) is 17.8 Å². The van der Waals surface area contributed by atoms with E-state index >= 15 is 0 Å². The Balaban J connectivity index is 1.59. The fraction of sp³-hybridized carbons (Fsp3) is 0.375. The first kappa shape index (κ1) is 15.7. The molecule has 0 unspecified atom stereocenters. The Labute approximate surface area is 139 Å². The number of nitrogens with one attached hydrogen (secondary N) is 1. The van der Waals surface area contributed by atoms with Gasteiger partial charge >= 0.3 is 0 Å². The van der Waals surface area contributed by atoms with E-state index in [9.17, 15) is 4.79 Å². The van der Waals surface area contributed by atoms with E-state index in [1.165, 1.54) is 0 Å². The third-order valence-corrected chi connectivity index (χ3v) is 3.88. The summed E-state index contributed by atoms with van der Waals surface area (Å²) in [5, 5.41) is 7.36. The summed E-state index contributed by atoms with van der Waals surface area (Å²) in [4.78, 5) is 14.1. The fourth-order valence-electron chi connectivity index (χ4n) is 2.43. The lowest BCUT2D eigenvalue weighted by molar-refractivity contribution is -0.120. The molecule has 1 aliphatic rings. The number of fused-ring (bicyclic) bond motifs is 1. The van der Waals surface area contributed by atoms with Gasteiger partial charge in [-0.2, -0.15) is 0 Å². The maximum absolute atomic E-state index is 12.2. The minimum atomic E-state index is -0.0905. The number of ether oxygens (including phenoxy) is 1. The molecule has 0 aliphatic carbocycles. The molecular formula is C16H18ClN3O3. The summed E-state index contributed by atoms with van der Waals surface area (Å²) in [5.74, 6) is 1.31. The van der Waals surface area contributed by atoms with E-state index in [1.807, 2.05) is 30.0 Å². The van der Waals surface area contributed by atoms with Crippen molar-refractivity contribution in [3.8, 4) is 5.75 Å². The third kappa shape index (κ3) is 3.76. The summed E-state index contributed by atoms with van der Waals surface area (Å²) in [5.41, 5.74) is 1.72. The van der Waals surface area contributed by atoms with Crippen molar-refractivity contribution in [1.82, 2.24) is 10.5 Å². The maximum atomic E-state index is 12.2. The minimum absolute atomic E-state index is 0.0905. The second-order valence-corrected chi connectivity index (χ2v) is 5.73. The van der Waals surface area contributed by atoms with Crippen LogP contribution in [0.25, 0.3) is 0 Å². The van der Waals surface area contributed by atoms with E-state index in [0.29, 0.717) is 30.5 Å². The molecule has 0 radical (unpaired) electrons. The first-order chi connectivity index (χ1) is 11.2. The lowest BCUT2D eigenvalue weighted by Gasteiger charge is -2.30. The van der Waals surface area contributed by atoms with Crippen LogP contribution in [0.5, 0.6) is 5.75 Å². The molecule has 0 fully saturated rings. The molecule has 0 bridgehead atoms. The lowest BCUT2D eigenvalue weighted by atomic mass is 10.2. The molecule has 0 saturated heterocycles. The predicted molar refractivity (Wildman–Crippen MR) is 86.9 cm³/mol. The highest BCUT2D eigenvalue weighted by Gasteiger charge is 2.20. The number of anilines is 1. The zero-order valence-electron chi connectivity index (χ0n) is 12.8. The molecule has 1 aromatic carbocycles. The van der Waals surface area contributed by atoms with Gasteiger partial charge in [0.15, 0.2) is 5.76 Å². The number of hydrogen-bond donors (Lipinski definition) is 1. The highest BCUT2D eigenvalue weighted by molar-refractivity contribution is 6.31. The number of carbonyl (C=O) groups excluding carboxylic acids is 1. The van der Waals surface area contributed by atoms with Gasteiger partial charge in [0.05, 0.1) is 31.0 Å². The van der Waals surface area contributed by atoms with E-state index in [4.69, 9.17) is 20.9 Å². The molecule has 0 saturated carbocycles. The molecule has 1 N–H and O–H groups in total. The maximum Gasteiger partial charge on any atom is 0.239 e. The summed E-state index contributed by atoms with van der Waals surface area (Å²) >= 11 is 6.03. The van der Waals surface area contributed by atoms with Crippen LogP contribution < -0.4 is 15.0 Å². The van der Waals surface area contributed by atoms with Crippen LogP contribution in [0.4, 0.5) is 5.69 Å². The van der Waals surface area contributed by atoms with E-state index in [1.54, 1.807) is 6.07 Å². The highest BCUT2D eigenvalue weighted by atomic mass is 35.5. The van der Waals surface area contributed by atoms with Crippen LogP contribution in [-0.4, -0.2) is 30.8 Å². The molecule has 1 amide bonds. The Morgan fingerprint density at radius 2 is 2.30 bits per heavy atom. The van der Waals surface area contributed by atoms with Crippen LogP contribution in [0.2, 0.25) is 5.02 Å². The molecule has 1 aliphatic heterocycles. The first-order valence-corrected chi connectivity index (χ1v) is 7.92. The molecular weight excluding hydrogens is 318 g/mol. The van der Waals surface area contributed by atoms with Gasteiger partial charge in [-0.3, -0.25) is 4.79 Å². The van der Waals surface area contributed by atoms with Gasteiger partial charge in [-0.15, -0.1) is 0 Å². The van der Waals surface area contributed by atoms with Crippen molar-refractivity contribution < 1.29 is 14.1 Å². The van der Waals surface area contributed by atoms with Crippen LogP contribution in [0.1, 0.15) is 18.4 Å². The topological polar surface area (TPSA) is 67.6 Å². The average molecular weight is 336 g/mol. The normalized spacial score (nSPS) is 13.4. The summed E-state index contributed by atoms with van der Waals surface area (Å²) in [7, 11) is 0. The number of carbonyl (C=O) groups is 1. The van der Waals surface area contributed by atoms with E-state index < -0.39 is 0 Å². The summed E-state index contributed by atoms with van der Waals surface area (Å²) < 4.78 is 10.7. The number of amides is 1. The molecule has 1 aromatic heterocycles. The van der Waals surface area contributed by atoms with Gasteiger partial charge in [0.25, 0.3) is 0 Å². The van der Waals surface area contributed by atoms with Gasteiger partial charge in [0, 0.05) is 11.1 Å². The largest absolute Gasteiger partial charge is 0.490 e. The molecule has 7 heteroatoms. The van der Waals surface area contributed by atoms with E-state index in [2.05, 4.69) is 10.5 Å². The Morgan fingerprint density at radius 3 is 3.09 bits per heavy atom. The predicted octanol–water partition coefficient (Wildman–Crippen LogP) is 2.41. The first-order valence-electron chi connectivity index (χ1n) is 7.54. The van der Waals surface area contributed by atoms with Crippen molar-refractivity contribution in [2.24, 2.45) is 0 Å². The number of benzene rings is 1. The Hall–Kier alpha value is -2.21. The molecule has 122 valence electrons. The number of aryl methyl sites for hydroxylation is 1. The summed E-state index contributed by atoms with van der Waals surface area (Å²) in [6.07, 6.45) is 0.808. The van der Waals surface area contributed by atoms with Gasteiger partial charge in [-0.25, -0.2) is 0 Å². The Bertz CT molecular complexity index is 702. The van der Waals surface area contributed by atoms with Crippen molar-refractivity contribution in [2.75, 3.05) is 24.6 Å². The molecule has 2 aromatic rings. The summed E-state index contributed by atoms with van der Waals surface area (Å²) in [6, 6.07) is 7.26. The highest BCUT2D eigenvalue weighted by Crippen LogP contribution is 2.33. The molecule has 3 rings (SSSR count). The smallest absolute Gasteiger partial charge is 0.239 e. The van der Waals surface area contributed by atoms with E-state index in [-0.39, 0.29) is 12.5 Å². The molecule has 23 heavy (non-hydrogen) atoms. The van der Waals surface area contributed by atoms with Gasteiger partial charge in [0.2, 0.25) is 5.91 Å². The van der Waals surface area contributed by atoms with Crippen LogP contribution >= 0.6 is 11.6 Å². The number of halogens is 1. The Kier molecular flexibility index (Phi) is 4.71. The summed E-state index contributed by atoms with van der Waals surface area (Å²) in [6.45, 7) is 3.76. The van der Waals surface area contributed by atoms with Crippen molar-refractivity contribution in [1.29, 1.82) is 0 Å². The number of nitrogens with zero attached hydrogens (tertiary/aromatic N) is 2. The van der Waals surface area contributed by atoms with Gasteiger partial charge in [-0.1, -0.05) is 23.7 Å². The van der Waals surface area contributed by atoms with Crippen LogP contribution in [0.15, 0.2) is 28.8 Å². The van der Waals surface area contributed by atoms with Crippen molar-refractivity contribution in [3.05, 3.63) is 40.7 Å². The van der Waals surface area contributed by atoms with Gasteiger partial charge in [-0.05, 0) is 24.6 Å². The number of aromatic nitrogens is 1. The molecule has 2 heterocycles. The zero-order chi connectivity index (χ0) is 16.2. The number of rotatable bonds is 5. The second-order valence-electron chi connectivity index (χ2n) is 5.30. The molecule has 6 nitrogen and oxygen atoms in total. The van der Waals surface area contributed by atoms with Crippen LogP contribution in [0.3, 0.4) is 0 Å². The SMILES string of the molecule is CCc1cc(CNC(=O)CN2CCOc3ccc(Cl)cc32)on1. The Morgan fingerprint density at radius 1 is 1.43 bits per heavy atom. The standard InChI is InChI=1S/C16H18ClN3O3/c1-2-12-8-13(23-19-12)9-18-16(21)10-20-5-6-22-15-4-3-11(17)7-14(15)20/h3-4,7-8H,2,5-6,9-10H2,1H3,(H,18,21). The van der Waals surface area contributed by atoms with Crippen LogP contribution in [0, 0.1) is 0 Å². The third-order valence-electron chi connectivity index (χ3n) is 3.64. The van der Waals surface area contributed by atoms with Crippen molar-refractivity contribution in [2.45, 2.75) is 19.9 Å². The lowest BCUT2D eigenvalue weighted by Crippen LogP contribution is -2.41. The van der Waals surface area contributed by atoms with Gasteiger partial charge in [0.1, 0.15) is 12.4 Å². The monoisotopic (exact) mass is 335 g/mol. The zero-order valence-corrected chi connectivity index (χ0v) is 13.6. The minimum Gasteiger partial charge on any atom is -0.490 e. The number of hydrogen-bond acceptors (Lipinski definition) is 5. The fourth-order valence-corrected chi connectivity index (χ4v) is 2.60. The molecule has 0 atom stereocenters. The second kappa shape index (κ2) is 6.91. The van der Waals surface area contributed by atoms with Crippen molar-refractivity contribution >= 4 is 23.2 Å². The van der Waals surface area contributed by atoms with E-state index in [0.717, 1.165) is 23.6 Å². The average Bonchev–Trinajstić information content (AvgIpc) is 3.02.